The summed E-state index contributed by atoms with van der Waals surface area (Å²) < 4.78 is 20.0. The minimum absolute atomic E-state index is 0.0413. The second-order valence-corrected chi connectivity index (χ2v) is 3.48. The molecule has 0 saturated carbocycles. The number of aliphatic hydroxyl groups is 2. The molecule has 0 atom stereocenters. The van der Waals surface area contributed by atoms with E-state index in [-0.39, 0.29) is 13.2 Å². The van der Waals surface area contributed by atoms with Crippen molar-refractivity contribution in [3.05, 3.63) is 0 Å². The highest BCUT2D eigenvalue weighted by atomic mass is 16.5. The van der Waals surface area contributed by atoms with Gasteiger partial charge in [-0.3, -0.25) is 0 Å². The van der Waals surface area contributed by atoms with Crippen LogP contribution in [0.3, 0.4) is 0 Å². The van der Waals surface area contributed by atoms with Crippen molar-refractivity contribution < 1.29 is 29.2 Å². The van der Waals surface area contributed by atoms with Gasteiger partial charge < -0.3 is 29.2 Å². The van der Waals surface area contributed by atoms with Gasteiger partial charge in [0.05, 0.1) is 52.9 Å². The highest BCUT2D eigenvalue weighted by Gasteiger charge is 1.89. The average molecular weight is 282 g/mol. The van der Waals surface area contributed by atoms with Crippen LogP contribution in [0.1, 0.15) is 20.3 Å². The quantitative estimate of drug-likeness (QED) is 0.478. The predicted molar refractivity (Wildman–Crippen MR) is 73.4 cm³/mol. The molecule has 0 unspecified atom stereocenters. The average Bonchev–Trinajstić information content (AvgIpc) is 2.44. The summed E-state index contributed by atoms with van der Waals surface area (Å²) in [6.45, 7) is 8.65. The van der Waals surface area contributed by atoms with Gasteiger partial charge >= 0.3 is 0 Å². The Balaban J connectivity index is 0. The van der Waals surface area contributed by atoms with E-state index in [0.717, 1.165) is 19.6 Å². The van der Waals surface area contributed by atoms with Gasteiger partial charge in [0.1, 0.15) is 0 Å². The molecule has 19 heavy (non-hydrogen) atoms. The minimum Gasteiger partial charge on any atom is -0.394 e. The predicted octanol–water partition coefficient (Wildman–Crippen LogP) is 0.454. The Kier molecular flexibility index (Phi) is 25.4. The van der Waals surface area contributed by atoms with E-state index in [2.05, 4.69) is 6.92 Å². The Hall–Kier alpha value is -0.240. The number of hydrogen-bond acceptors (Lipinski definition) is 6. The summed E-state index contributed by atoms with van der Waals surface area (Å²) >= 11 is 0. The molecular formula is C13H30O6. The monoisotopic (exact) mass is 282 g/mol. The first-order chi connectivity index (χ1) is 9.33. The molecule has 0 aromatic rings. The third-order valence-corrected chi connectivity index (χ3v) is 1.77. The van der Waals surface area contributed by atoms with Crippen LogP contribution in [-0.4, -0.2) is 76.3 Å². The van der Waals surface area contributed by atoms with Crippen molar-refractivity contribution in [2.45, 2.75) is 20.3 Å². The van der Waals surface area contributed by atoms with Gasteiger partial charge in [0.15, 0.2) is 0 Å². The van der Waals surface area contributed by atoms with Gasteiger partial charge in [0, 0.05) is 13.2 Å². The van der Waals surface area contributed by atoms with E-state index in [0.29, 0.717) is 39.6 Å². The second-order valence-electron chi connectivity index (χ2n) is 3.48. The number of ether oxygens (including phenoxy) is 4. The van der Waals surface area contributed by atoms with Crippen molar-refractivity contribution in [1.82, 2.24) is 0 Å². The fraction of sp³-hybridized carbons (Fsp3) is 1.00. The molecule has 2 N–H and O–H groups in total. The van der Waals surface area contributed by atoms with E-state index in [1.54, 1.807) is 0 Å². The lowest BCUT2D eigenvalue weighted by atomic mass is 10.5. The summed E-state index contributed by atoms with van der Waals surface area (Å²) in [5.41, 5.74) is 0. The van der Waals surface area contributed by atoms with Crippen molar-refractivity contribution in [2.75, 3.05) is 66.1 Å². The summed E-state index contributed by atoms with van der Waals surface area (Å²) in [4.78, 5) is 0. The van der Waals surface area contributed by atoms with Crippen LogP contribution in [0, 0.1) is 0 Å². The first-order valence-corrected chi connectivity index (χ1v) is 6.86. The Labute approximate surface area is 116 Å². The second kappa shape index (κ2) is 22.9. The summed E-state index contributed by atoms with van der Waals surface area (Å²) in [7, 11) is 0. The van der Waals surface area contributed by atoms with E-state index in [1.165, 1.54) is 0 Å². The van der Waals surface area contributed by atoms with Gasteiger partial charge in [-0.1, -0.05) is 6.92 Å². The van der Waals surface area contributed by atoms with Crippen molar-refractivity contribution in [3.63, 3.8) is 0 Å². The van der Waals surface area contributed by atoms with Crippen molar-refractivity contribution in [2.24, 2.45) is 0 Å². The zero-order valence-corrected chi connectivity index (χ0v) is 12.3. The molecule has 0 heterocycles. The molecule has 0 aliphatic rings. The summed E-state index contributed by atoms with van der Waals surface area (Å²) in [5.74, 6) is 0. The van der Waals surface area contributed by atoms with Crippen LogP contribution < -0.4 is 0 Å². The standard InChI is InChI=1S/C8H18O5.C5H12O/c9-1-3-11-5-7-13-8-6-12-4-2-10;1-3-5-6-4-2/h9-10H,1-8H2;3-5H2,1-2H3. The SMILES string of the molecule is CCCOCC.OCCOCCOCCOCCO. The van der Waals surface area contributed by atoms with E-state index in [9.17, 15) is 0 Å². The van der Waals surface area contributed by atoms with E-state index >= 15 is 0 Å². The third-order valence-electron chi connectivity index (χ3n) is 1.77. The molecule has 0 bridgehead atoms. The van der Waals surface area contributed by atoms with Gasteiger partial charge in [0.2, 0.25) is 0 Å². The van der Waals surface area contributed by atoms with Crippen LogP contribution in [0.15, 0.2) is 0 Å². The molecule has 6 nitrogen and oxygen atoms in total. The van der Waals surface area contributed by atoms with E-state index in [1.807, 2.05) is 6.92 Å². The highest BCUT2D eigenvalue weighted by molar-refractivity contribution is 4.33. The molecule has 0 radical (unpaired) electrons. The smallest absolute Gasteiger partial charge is 0.0701 e. The molecule has 0 aliphatic carbocycles. The lowest BCUT2D eigenvalue weighted by Gasteiger charge is -2.04. The number of rotatable bonds is 13. The molecule has 0 aliphatic heterocycles. The fourth-order valence-electron chi connectivity index (χ4n) is 0.960. The molecule has 0 spiro atoms. The van der Waals surface area contributed by atoms with Crippen LogP contribution in [0.25, 0.3) is 0 Å². The summed E-state index contributed by atoms with van der Waals surface area (Å²) in [5, 5.41) is 16.7. The lowest BCUT2D eigenvalue weighted by molar-refractivity contribution is 0.00230. The van der Waals surface area contributed by atoms with Gasteiger partial charge in [-0.15, -0.1) is 0 Å². The first kappa shape index (κ1) is 21.1. The molecule has 118 valence electrons. The zero-order chi connectivity index (χ0) is 14.6. The molecule has 0 rings (SSSR count). The van der Waals surface area contributed by atoms with Crippen molar-refractivity contribution in [3.8, 4) is 0 Å². The molecule has 0 fully saturated rings. The van der Waals surface area contributed by atoms with Crippen molar-refractivity contribution >= 4 is 0 Å². The van der Waals surface area contributed by atoms with Gasteiger partial charge in [0.25, 0.3) is 0 Å². The lowest BCUT2D eigenvalue weighted by Crippen LogP contribution is -2.11. The topological polar surface area (TPSA) is 77.4 Å². The van der Waals surface area contributed by atoms with Crippen LogP contribution in [0.5, 0.6) is 0 Å². The maximum atomic E-state index is 8.36. The van der Waals surface area contributed by atoms with Crippen LogP contribution in [0.4, 0.5) is 0 Å². The number of hydrogen-bond donors (Lipinski definition) is 2. The molecule has 6 heteroatoms. The molecule has 0 aromatic heterocycles. The Morgan fingerprint density at radius 3 is 1.26 bits per heavy atom. The van der Waals surface area contributed by atoms with Crippen LogP contribution >= 0.6 is 0 Å². The van der Waals surface area contributed by atoms with Gasteiger partial charge in [-0.2, -0.15) is 0 Å². The maximum absolute atomic E-state index is 8.36. The van der Waals surface area contributed by atoms with Crippen LogP contribution in [-0.2, 0) is 18.9 Å². The number of aliphatic hydroxyl groups excluding tert-OH is 2. The first-order valence-electron chi connectivity index (χ1n) is 6.86. The normalized spacial score (nSPS) is 10.1. The maximum Gasteiger partial charge on any atom is 0.0701 e. The Morgan fingerprint density at radius 1 is 0.579 bits per heavy atom. The highest BCUT2D eigenvalue weighted by Crippen LogP contribution is 1.80. The zero-order valence-electron chi connectivity index (χ0n) is 12.3. The summed E-state index contributed by atoms with van der Waals surface area (Å²) in [6.07, 6.45) is 1.13. The molecular weight excluding hydrogens is 252 g/mol. The third kappa shape index (κ3) is 27.1. The molecule has 0 amide bonds. The van der Waals surface area contributed by atoms with E-state index < -0.39 is 0 Å². The minimum atomic E-state index is 0.0413. The summed E-state index contributed by atoms with van der Waals surface area (Å²) in [6, 6.07) is 0. The fourth-order valence-corrected chi connectivity index (χ4v) is 0.960. The molecule has 0 saturated heterocycles. The van der Waals surface area contributed by atoms with Crippen LogP contribution in [0.2, 0.25) is 0 Å². The Bertz CT molecular complexity index is 120. The van der Waals surface area contributed by atoms with Gasteiger partial charge in [-0.05, 0) is 13.3 Å². The Morgan fingerprint density at radius 2 is 1.00 bits per heavy atom. The van der Waals surface area contributed by atoms with Crippen molar-refractivity contribution in [1.29, 1.82) is 0 Å². The van der Waals surface area contributed by atoms with E-state index in [4.69, 9.17) is 29.2 Å². The van der Waals surface area contributed by atoms with Gasteiger partial charge in [-0.25, -0.2) is 0 Å². The molecule has 0 aromatic carbocycles. The largest absolute Gasteiger partial charge is 0.394 e.